The molecule has 1 fully saturated rings. The van der Waals surface area contributed by atoms with Crippen molar-refractivity contribution in [3.63, 3.8) is 0 Å². The standard InChI is InChI=1S/C16H25NO/c1-12(2)17-11-13(3)16(18,10-14(17)4)15-8-6-5-7-9-15/h5-9,12-14,18H,10-11H2,1-4H3/t13-,14?,16?/m0/s1. The van der Waals surface area contributed by atoms with Crippen molar-refractivity contribution in [2.75, 3.05) is 6.54 Å². The van der Waals surface area contributed by atoms with E-state index in [4.69, 9.17) is 0 Å². The average molecular weight is 247 g/mol. The molecule has 1 aliphatic rings. The van der Waals surface area contributed by atoms with E-state index < -0.39 is 5.60 Å². The average Bonchev–Trinajstić information content (AvgIpc) is 2.34. The molecule has 1 N–H and O–H groups in total. The molecule has 0 spiro atoms. The Hall–Kier alpha value is -0.860. The molecule has 1 heterocycles. The van der Waals surface area contributed by atoms with E-state index in [0.29, 0.717) is 12.1 Å². The molecule has 0 amide bonds. The molecule has 100 valence electrons. The van der Waals surface area contributed by atoms with E-state index in [0.717, 1.165) is 18.5 Å². The van der Waals surface area contributed by atoms with Gasteiger partial charge >= 0.3 is 0 Å². The van der Waals surface area contributed by atoms with Gasteiger partial charge in [-0.05, 0) is 32.8 Å². The molecule has 0 aliphatic carbocycles. The van der Waals surface area contributed by atoms with Crippen LogP contribution in [0.5, 0.6) is 0 Å². The highest BCUT2D eigenvalue weighted by Crippen LogP contribution is 2.40. The second-order valence-electron chi connectivity index (χ2n) is 6.04. The van der Waals surface area contributed by atoms with Crippen molar-refractivity contribution >= 4 is 0 Å². The third-order valence-electron chi connectivity index (χ3n) is 4.41. The van der Waals surface area contributed by atoms with Crippen LogP contribution < -0.4 is 0 Å². The van der Waals surface area contributed by atoms with Crippen molar-refractivity contribution in [1.82, 2.24) is 4.90 Å². The van der Waals surface area contributed by atoms with Crippen molar-refractivity contribution in [1.29, 1.82) is 0 Å². The number of likely N-dealkylation sites (tertiary alicyclic amines) is 1. The lowest BCUT2D eigenvalue weighted by Gasteiger charge is -2.48. The molecule has 1 saturated heterocycles. The van der Waals surface area contributed by atoms with Crippen LogP contribution in [-0.4, -0.2) is 28.6 Å². The minimum Gasteiger partial charge on any atom is -0.385 e. The summed E-state index contributed by atoms with van der Waals surface area (Å²) < 4.78 is 0. The van der Waals surface area contributed by atoms with Gasteiger partial charge in [-0.3, -0.25) is 4.90 Å². The van der Waals surface area contributed by atoms with Crippen LogP contribution in [0, 0.1) is 5.92 Å². The normalized spacial score (nSPS) is 33.9. The van der Waals surface area contributed by atoms with E-state index in [2.05, 4.69) is 32.6 Å². The number of nitrogens with zero attached hydrogens (tertiary/aromatic N) is 1. The topological polar surface area (TPSA) is 23.5 Å². The Morgan fingerprint density at radius 1 is 1.22 bits per heavy atom. The van der Waals surface area contributed by atoms with Crippen molar-refractivity contribution < 1.29 is 5.11 Å². The number of aliphatic hydroxyl groups is 1. The predicted octanol–water partition coefficient (Wildman–Crippen LogP) is 3.01. The second-order valence-corrected chi connectivity index (χ2v) is 6.04. The first-order valence-electron chi connectivity index (χ1n) is 6.99. The molecule has 1 aromatic rings. The van der Waals surface area contributed by atoms with E-state index in [9.17, 15) is 5.11 Å². The number of piperidine rings is 1. The molecule has 0 saturated carbocycles. The molecule has 2 nitrogen and oxygen atoms in total. The summed E-state index contributed by atoms with van der Waals surface area (Å²) in [7, 11) is 0. The van der Waals surface area contributed by atoms with Gasteiger partial charge in [0.1, 0.15) is 0 Å². The molecular formula is C16H25NO. The van der Waals surface area contributed by atoms with Crippen LogP contribution in [0.3, 0.4) is 0 Å². The first kappa shape index (κ1) is 13.6. The fourth-order valence-corrected chi connectivity index (χ4v) is 3.26. The molecule has 0 bridgehead atoms. The van der Waals surface area contributed by atoms with Crippen LogP contribution in [0.15, 0.2) is 30.3 Å². The molecule has 1 aliphatic heterocycles. The van der Waals surface area contributed by atoms with Crippen molar-refractivity contribution in [2.45, 2.75) is 51.8 Å². The summed E-state index contributed by atoms with van der Waals surface area (Å²) in [4.78, 5) is 2.49. The van der Waals surface area contributed by atoms with E-state index in [1.807, 2.05) is 30.3 Å². The van der Waals surface area contributed by atoms with Crippen LogP contribution in [0.1, 0.15) is 39.7 Å². The highest BCUT2D eigenvalue weighted by molar-refractivity contribution is 5.24. The van der Waals surface area contributed by atoms with Crippen LogP contribution in [-0.2, 0) is 5.60 Å². The van der Waals surface area contributed by atoms with Gasteiger partial charge in [0.25, 0.3) is 0 Å². The van der Waals surface area contributed by atoms with Gasteiger partial charge in [-0.25, -0.2) is 0 Å². The second kappa shape index (κ2) is 5.02. The van der Waals surface area contributed by atoms with E-state index in [1.165, 1.54) is 0 Å². The molecule has 0 aromatic heterocycles. The largest absolute Gasteiger partial charge is 0.385 e. The molecule has 2 unspecified atom stereocenters. The SMILES string of the molecule is CC(C)N1C[C@H](C)C(O)(c2ccccc2)CC1C. The summed E-state index contributed by atoms with van der Waals surface area (Å²) in [5, 5.41) is 11.1. The Morgan fingerprint density at radius 2 is 1.83 bits per heavy atom. The van der Waals surface area contributed by atoms with Gasteiger partial charge in [0.15, 0.2) is 0 Å². The Labute approximate surface area is 111 Å². The summed E-state index contributed by atoms with van der Waals surface area (Å²) in [6, 6.07) is 11.1. The fraction of sp³-hybridized carbons (Fsp3) is 0.625. The summed E-state index contributed by atoms with van der Waals surface area (Å²) in [5.74, 6) is 0.262. The maximum Gasteiger partial charge on any atom is 0.0948 e. The first-order chi connectivity index (χ1) is 8.45. The van der Waals surface area contributed by atoms with Crippen molar-refractivity contribution in [3.8, 4) is 0 Å². The van der Waals surface area contributed by atoms with Gasteiger partial charge in [-0.1, -0.05) is 37.3 Å². The fourth-order valence-electron chi connectivity index (χ4n) is 3.26. The van der Waals surface area contributed by atoms with Crippen molar-refractivity contribution in [3.05, 3.63) is 35.9 Å². The van der Waals surface area contributed by atoms with Crippen LogP contribution >= 0.6 is 0 Å². The van der Waals surface area contributed by atoms with Gasteiger partial charge in [0.05, 0.1) is 5.60 Å². The third kappa shape index (κ3) is 2.32. The zero-order chi connectivity index (χ0) is 13.3. The van der Waals surface area contributed by atoms with Gasteiger partial charge in [0.2, 0.25) is 0 Å². The zero-order valence-electron chi connectivity index (χ0n) is 11.9. The predicted molar refractivity (Wildman–Crippen MR) is 75.4 cm³/mol. The third-order valence-corrected chi connectivity index (χ3v) is 4.41. The van der Waals surface area contributed by atoms with Crippen LogP contribution in [0.2, 0.25) is 0 Å². The number of rotatable bonds is 2. The van der Waals surface area contributed by atoms with Crippen molar-refractivity contribution in [2.24, 2.45) is 5.92 Å². The lowest BCUT2D eigenvalue weighted by atomic mass is 9.74. The minimum atomic E-state index is -0.675. The first-order valence-corrected chi connectivity index (χ1v) is 6.99. The molecule has 0 radical (unpaired) electrons. The van der Waals surface area contributed by atoms with Gasteiger partial charge in [-0.15, -0.1) is 0 Å². The van der Waals surface area contributed by atoms with Crippen LogP contribution in [0.25, 0.3) is 0 Å². The lowest BCUT2D eigenvalue weighted by molar-refractivity contribution is -0.0974. The van der Waals surface area contributed by atoms with Crippen LogP contribution in [0.4, 0.5) is 0 Å². The lowest BCUT2D eigenvalue weighted by Crippen LogP contribution is -2.55. The Kier molecular flexibility index (Phi) is 3.79. The maximum atomic E-state index is 11.1. The summed E-state index contributed by atoms with van der Waals surface area (Å²) >= 11 is 0. The Bertz CT molecular complexity index is 389. The highest BCUT2D eigenvalue weighted by atomic mass is 16.3. The van der Waals surface area contributed by atoms with E-state index in [1.54, 1.807) is 0 Å². The molecule has 1 aromatic carbocycles. The van der Waals surface area contributed by atoms with Gasteiger partial charge in [0, 0.05) is 24.5 Å². The number of benzene rings is 1. The quantitative estimate of drug-likeness (QED) is 0.868. The highest BCUT2D eigenvalue weighted by Gasteiger charge is 2.43. The molecule has 2 rings (SSSR count). The molecule has 2 heteroatoms. The molecule has 3 atom stereocenters. The number of hydrogen-bond donors (Lipinski definition) is 1. The monoisotopic (exact) mass is 247 g/mol. The Morgan fingerprint density at radius 3 is 2.39 bits per heavy atom. The maximum absolute atomic E-state index is 11.1. The van der Waals surface area contributed by atoms with Gasteiger partial charge in [-0.2, -0.15) is 0 Å². The summed E-state index contributed by atoms with van der Waals surface area (Å²) in [5.41, 5.74) is 0.388. The molecular weight excluding hydrogens is 222 g/mol. The van der Waals surface area contributed by atoms with E-state index in [-0.39, 0.29) is 5.92 Å². The zero-order valence-corrected chi connectivity index (χ0v) is 11.9. The minimum absolute atomic E-state index is 0.262. The Balaban J connectivity index is 2.26. The molecule has 18 heavy (non-hydrogen) atoms. The summed E-state index contributed by atoms with van der Waals surface area (Å²) in [6.45, 7) is 9.81. The van der Waals surface area contributed by atoms with E-state index >= 15 is 0 Å². The number of hydrogen-bond acceptors (Lipinski definition) is 2. The van der Waals surface area contributed by atoms with Gasteiger partial charge < -0.3 is 5.11 Å². The summed E-state index contributed by atoms with van der Waals surface area (Å²) in [6.07, 6.45) is 0.816. The smallest absolute Gasteiger partial charge is 0.0948 e.